The molecule has 1 unspecified atom stereocenters. The predicted molar refractivity (Wildman–Crippen MR) is 205 cm³/mol. The topological polar surface area (TPSA) is 4.93 Å². The van der Waals surface area contributed by atoms with E-state index in [0.29, 0.717) is 5.92 Å². The van der Waals surface area contributed by atoms with Crippen molar-refractivity contribution in [3.8, 4) is 44.5 Å². The van der Waals surface area contributed by atoms with Crippen molar-refractivity contribution in [2.45, 2.75) is 32.7 Å². The summed E-state index contributed by atoms with van der Waals surface area (Å²) in [5, 5.41) is 2.57. The maximum absolute atomic E-state index is 2.49. The lowest BCUT2D eigenvalue weighted by Gasteiger charge is -2.12. The smallest absolute Gasteiger partial charge is 0.0494 e. The number of benzene rings is 7. The molecule has 1 nitrogen and oxygen atoms in total. The van der Waals surface area contributed by atoms with E-state index in [9.17, 15) is 0 Å². The SMILES string of the molecule is CCC(C)c1ccc(Cn2c3ccc(-c4ccc(-c5ccccc5)cc4)cc3c3cc(-c4ccc(-c5ccccc5)cc4)ccc32)cc1. The van der Waals surface area contributed by atoms with Gasteiger partial charge in [-0.25, -0.2) is 0 Å². The molecule has 0 bridgehead atoms. The average Bonchev–Trinajstić information content (AvgIpc) is 3.47. The highest BCUT2D eigenvalue weighted by Crippen LogP contribution is 2.37. The van der Waals surface area contributed by atoms with Crippen molar-refractivity contribution in [1.82, 2.24) is 4.57 Å². The van der Waals surface area contributed by atoms with Crippen LogP contribution in [0.25, 0.3) is 66.3 Å². The van der Waals surface area contributed by atoms with Crippen LogP contribution in [0.5, 0.6) is 0 Å². The van der Waals surface area contributed by atoms with Crippen LogP contribution in [0.2, 0.25) is 0 Å². The van der Waals surface area contributed by atoms with E-state index in [4.69, 9.17) is 0 Å². The van der Waals surface area contributed by atoms with E-state index in [1.165, 1.54) is 77.4 Å². The summed E-state index contributed by atoms with van der Waals surface area (Å²) in [6.45, 7) is 5.40. The third-order valence-electron chi connectivity index (χ3n) is 10.0. The van der Waals surface area contributed by atoms with E-state index in [2.05, 4.69) is 188 Å². The number of rotatable bonds is 8. The second-order valence-electron chi connectivity index (χ2n) is 13.0. The zero-order valence-corrected chi connectivity index (χ0v) is 27.6. The van der Waals surface area contributed by atoms with E-state index in [1.54, 1.807) is 0 Å². The fraction of sp³-hybridized carbons (Fsp3) is 0.106. The Hall–Kier alpha value is -5.66. The molecular weight excluding hydrogens is 579 g/mol. The van der Waals surface area contributed by atoms with E-state index in [1.807, 2.05) is 0 Å². The van der Waals surface area contributed by atoms with Gasteiger partial charge in [-0.1, -0.05) is 159 Å². The minimum atomic E-state index is 0.577. The molecule has 0 aliphatic heterocycles. The number of hydrogen-bond donors (Lipinski definition) is 0. The molecule has 1 atom stereocenters. The molecule has 8 rings (SSSR count). The normalized spacial score (nSPS) is 12.0. The van der Waals surface area contributed by atoms with Crippen LogP contribution in [-0.4, -0.2) is 4.57 Å². The quantitative estimate of drug-likeness (QED) is 0.160. The number of aromatic nitrogens is 1. The van der Waals surface area contributed by atoms with Crippen molar-refractivity contribution in [1.29, 1.82) is 0 Å². The predicted octanol–water partition coefficient (Wildman–Crippen LogP) is 13.0. The Morgan fingerprint density at radius 3 is 1.21 bits per heavy atom. The first-order valence-corrected chi connectivity index (χ1v) is 17.1. The summed E-state index contributed by atoms with van der Waals surface area (Å²) in [5.74, 6) is 0.577. The van der Waals surface area contributed by atoms with Gasteiger partial charge >= 0.3 is 0 Å². The third-order valence-corrected chi connectivity index (χ3v) is 10.0. The fourth-order valence-corrected chi connectivity index (χ4v) is 6.97. The molecule has 0 saturated heterocycles. The number of hydrogen-bond acceptors (Lipinski definition) is 0. The molecule has 1 heterocycles. The van der Waals surface area contributed by atoms with Crippen molar-refractivity contribution in [3.63, 3.8) is 0 Å². The Labute approximate surface area is 283 Å². The summed E-state index contributed by atoms with van der Waals surface area (Å²) in [7, 11) is 0. The second-order valence-corrected chi connectivity index (χ2v) is 13.0. The number of fused-ring (bicyclic) bond motifs is 3. The van der Waals surface area contributed by atoms with Gasteiger partial charge in [-0.05, 0) is 92.2 Å². The summed E-state index contributed by atoms with van der Waals surface area (Å²) in [6.07, 6.45) is 1.15. The third kappa shape index (κ3) is 5.73. The summed E-state index contributed by atoms with van der Waals surface area (Å²) in [4.78, 5) is 0. The van der Waals surface area contributed by atoms with Crippen LogP contribution in [0.15, 0.2) is 170 Å². The first kappa shape index (κ1) is 29.7. The molecule has 0 spiro atoms. The van der Waals surface area contributed by atoms with Crippen LogP contribution in [0.4, 0.5) is 0 Å². The van der Waals surface area contributed by atoms with Crippen LogP contribution >= 0.6 is 0 Å². The van der Waals surface area contributed by atoms with E-state index < -0.39 is 0 Å². The van der Waals surface area contributed by atoms with Gasteiger partial charge in [0.25, 0.3) is 0 Å². The molecule has 0 aliphatic carbocycles. The highest BCUT2D eigenvalue weighted by Gasteiger charge is 2.15. The van der Waals surface area contributed by atoms with Crippen molar-refractivity contribution < 1.29 is 0 Å². The highest BCUT2D eigenvalue weighted by molar-refractivity contribution is 6.10. The lowest BCUT2D eigenvalue weighted by Crippen LogP contribution is -2.00. The lowest BCUT2D eigenvalue weighted by molar-refractivity contribution is 0.732. The molecule has 0 amide bonds. The van der Waals surface area contributed by atoms with Crippen LogP contribution in [0.3, 0.4) is 0 Å². The Morgan fingerprint density at radius 2 is 0.792 bits per heavy atom. The molecule has 48 heavy (non-hydrogen) atoms. The first-order chi connectivity index (χ1) is 23.6. The largest absolute Gasteiger partial charge is 0.336 e. The second kappa shape index (κ2) is 12.9. The van der Waals surface area contributed by atoms with Crippen molar-refractivity contribution in [3.05, 3.63) is 181 Å². The van der Waals surface area contributed by atoms with Gasteiger partial charge in [-0.2, -0.15) is 0 Å². The van der Waals surface area contributed by atoms with Gasteiger partial charge in [-0.3, -0.25) is 0 Å². The van der Waals surface area contributed by atoms with E-state index in [-0.39, 0.29) is 0 Å². The van der Waals surface area contributed by atoms with Gasteiger partial charge in [0.1, 0.15) is 0 Å². The Bertz CT molecular complexity index is 2170. The van der Waals surface area contributed by atoms with Gasteiger partial charge in [0.05, 0.1) is 0 Å². The minimum absolute atomic E-state index is 0.577. The molecule has 0 saturated carbocycles. The Kier molecular flexibility index (Phi) is 7.96. The lowest BCUT2D eigenvalue weighted by atomic mass is 9.97. The van der Waals surface area contributed by atoms with Gasteiger partial charge < -0.3 is 4.57 Å². The zero-order chi connectivity index (χ0) is 32.5. The summed E-state index contributed by atoms with van der Waals surface area (Å²) < 4.78 is 2.49. The maximum Gasteiger partial charge on any atom is 0.0494 e. The monoisotopic (exact) mass is 617 g/mol. The van der Waals surface area contributed by atoms with Crippen LogP contribution < -0.4 is 0 Å². The zero-order valence-electron chi connectivity index (χ0n) is 27.6. The van der Waals surface area contributed by atoms with Gasteiger partial charge in [-0.15, -0.1) is 0 Å². The molecule has 0 fully saturated rings. The average molecular weight is 618 g/mol. The number of nitrogens with zero attached hydrogens (tertiary/aromatic N) is 1. The summed E-state index contributed by atoms with van der Waals surface area (Å²) >= 11 is 0. The van der Waals surface area contributed by atoms with Crippen molar-refractivity contribution >= 4 is 21.8 Å². The van der Waals surface area contributed by atoms with Gasteiger partial charge in [0, 0.05) is 28.4 Å². The molecule has 1 aromatic heterocycles. The van der Waals surface area contributed by atoms with Crippen molar-refractivity contribution in [2.75, 3.05) is 0 Å². The molecule has 7 aromatic carbocycles. The van der Waals surface area contributed by atoms with Crippen LogP contribution in [-0.2, 0) is 6.54 Å². The molecule has 0 aliphatic rings. The minimum Gasteiger partial charge on any atom is -0.336 e. The van der Waals surface area contributed by atoms with E-state index >= 15 is 0 Å². The Balaban J connectivity index is 1.21. The Morgan fingerprint density at radius 1 is 0.417 bits per heavy atom. The van der Waals surface area contributed by atoms with Crippen LogP contribution in [0.1, 0.15) is 37.3 Å². The highest BCUT2D eigenvalue weighted by atomic mass is 15.0. The molecule has 232 valence electrons. The molecule has 8 aromatic rings. The summed E-state index contributed by atoms with van der Waals surface area (Å²) in [6, 6.07) is 62.3. The van der Waals surface area contributed by atoms with Gasteiger partial charge in [0.2, 0.25) is 0 Å². The van der Waals surface area contributed by atoms with Crippen molar-refractivity contribution in [2.24, 2.45) is 0 Å². The van der Waals surface area contributed by atoms with Gasteiger partial charge in [0.15, 0.2) is 0 Å². The first-order valence-electron chi connectivity index (χ1n) is 17.1. The molecular formula is C47H39N. The fourth-order valence-electron chi connectivity index (χ4n) is 6.97. The van der Waals surface area contributed by atoms with E-state index in [0.717, 1.165) is 13.0 Å². The maximum atomic E-state index is 2.49. The standard InChI is InChI=1S/C47H39N/c1-3-33(2)35-16-14-34(15-17-35)32-48-46-28-26-42(40-22-18-38(19-23-40)36-10-6-4-7-11-36)30-44(46)45-31-43(27-29-47(45)48)41-24-20-39(21-25-41)37-12-8-5-9-13-37/h4-31,33H,3,32H2,1-2H3. The van der Waals surface area contributed by atoms with Crippen LogP contribution in [0, 0.1) is 0 Å². The summed E-state index contributed by atoms with van der Waals surface area (Å²) in [5.41, 5.74) is 15.1. The molecule has 0 N–H and O–H groups in total. The molecule has 1 heteroatoms. The molecule has 0 radical (unpaired) electrons.